The molecule has 1 fully saturated rings. The molecule has 0 spiro atoms. The molecule has 0 aliphatic carbocycles. The van der Waals surface area contributed by atoms with Gasteiger partial charge in [0.15, 0.2) is 5.65 Å². The molecular formula is C22H39N7. The standard InChI is InChI=1S/C22H39N7/c1-5-6-7-10-18-19-20(26-21(23)25-18)24-17-28(19)12-9-8-11-27-13-15-29(16-14-27)22(2,3)4/h17H,5-16H2,1-4H3,(H2,23,25,26). The lowest BCUT2D eigenvalue weighted by Crippen LogP contribution is -2.53. The molecule has 1 saturated heterocycles. The molecule has 0 bridgehead atoms. The summed E-state index contributed by atoms with van der Waals surface area (Å²) in [6, 6.07) is 0. The number of rotatable bonds is 9. The maximum absolute atomic E-state index is 5.90. The van der Waals surface area contributed by atoms with E-state index in [1.165, 1.54) is 52.0 Å². The third-order valence-electron chi connectivity index (χ3n) is 6.02. The van der Waals surface area contributed by atoms with Crippen molar-refractivity contribution in [1.29, 1.82) is 0 Å². The van der Waals surface area contributed by atoms with Gasteiger partial charge in [-0.15, -0.1) is 0 Å². The van der Waals surface area contributed by atoms with Gasteiger partial charge in [-0.1, -0.05) is 19.8 Å². The average Bonchev–Trinajstić information content (AvgIpc) is 3.08. The molecule has 1 aliphatic heterocycles. The van der Waals surface area contributed by atoms with Crippen molar-refractivity contribution in [3.8, 4) is 0 Å². The quantitative estimate of drug-likeness (QED) is 0.650. The molecule has 2 N–H and O–H groups in total. The van der Waals surface area contributed by atoms with E-state index in [0.717, 1.165) is 42.7 Å². The maximum atomic E-state index is 5.90. The fraction of sp³-hybridized carbons (Fsp3) is 0.773. The first-order valence-corrected chi connectivity index (χ1v) is 11.3. The first-order chi connectivity index (χ1) is 13.9. The number of fused-ring (bicyclic) bond motifs is 1. The molecule has 3 rings (SSSR count). The predicted octanol–water partition coefficient (Wildman–Crippen LogP) is 3.34. The summed E-state index contributed by atoms with van der Waals surface area (Å²) in [6.45, 7) is 16.0. The number of aromatic nitrogens is 4. The number of imidazole rings is 1. The number of nitrogens with zero attached hydrogens (tertiary/aromatic N) is 6. The van der Waals surface area contributed by atoms with Crippen molar-refractivity contribution in [3.63, 3.8) is 0 Å². The predicted molar refractivity (Wildman–Crippen MR) is 120 cm³/mol. The van der Waals surface area contributed by atoms with Gasteiger partial charge in [-0.05, 0) is 53.0 Å². The van der Waals surface area contributed by atoms with Crippen LogP contribution in [0.3, 0.4) is 0 Å². The highest BCUT2D eigenvalue weighted by atomic mass is 15.3. The highest BCUT2D eigenvalue weighted by molar-refractivity contribution is 5.74. The second-order valence-corrected chi connectivity index (χ2v) is 9.30. The molecule has 3 heterocycles. The Morgan fingerprint density at radius 1 is 0.966 bits per heavy atom. The van der Waals surface area contributed by atoms with Crippen LogP contribution in [-0.2, 0) is 13.0 Å². The van der Waals surface area contributed by atoms with E-state index in [1.807, 2.05) is 6.33 Å². The van der Waals surface area contributed by atoms with Gasteiger partial charge in [0.05, 0.1) is 12.0 Å². The second-order valence-electron chi connectivity index (χ2n) is 9.30. The third kappa shape index (κ3) is 5.89. The van der Waals surface area contributed by atoms with Gasteiger partial charge in [-0.2, -0.15) is 4.98 Å². The molecule has 162 valence electrons. The fourth-order valence-electron chi connectivity index (χ4n) is 4.22. The molecule has 0 amide bonds. The van der Waals surface area contributed by atoms with E-state index < -0.39 is 0 Å². The Kier molecular flexibility index (Phi) is 7.46. The molecule has 0 atom stereocenters. The van der Waals surface area contributed by atoms with Gasteiger partial charge < -0.3 is 15.2 Å². The van der Waals surface area contributed by atoms with Crippen LogP contribution in [0, 0.1) is 0 Å². The summed E-state index contributed by atoms with van der Waals surface area (Å²) in [4.78, 5) is 18.5. The summed E-state index contributed by atoms with van der Waals surface area (Å²) in [7, 11) is 0. The van der Waals surface area contributed by atoms with Crippen LogP contribution < -0.4 is 5.73 Å². The lowest BCUT2D eigenvalue weighted by atomic mass is 10.0. The number of hydrogen-bond acceptors (Lipinski definition) is 6. The van der Waals surface area contributed by atoms with Crippen molar-refractivity contribution in [2.75, 3.05) is 38.5 Å². The largest absolute Gasteiger partial charge is 0.368 e. The maximum Gasteiger partial charge on any atom is 0.222 e. The van der Waals surface area contributed by atoms with Gasteiger partial charge in [0, 0.05) is 38.3 Å². The van der Waals surface area contributed by atoms with Gasteiger partial charge >= 0.3 is 0 Å². The van der Waals surface area contributed by atoms with Gasteiger partial charge in [0.25, 0.3) is 0 Å². The zero-order valence-corrected chi connectivity index (χ0v) is 18.8. The average molecular weight is 402 g/mol. The number of hydrogen-bond donors (Lipinski definition) is 1. The van der Waals surface area contributed by atoms with Crippen LogP contribution >= 0.6 is 0 Å². The molecule has 0 saturated carbocycles. The lowest BCUT2D eigenvalue weighted by molar-refractivity contribution is 0.0615. The number of aryl methyl sites for hydroxylation is 2. The number of anilines is 1. The summed E-state index contributed by atoms with van der Waals surface area (Å²) < 4.78 is 2.23. The van der Waals surface area contributed by atoms with Crippen LogP contribution in [0.1, 0.15) is 65.5 Å². The third-order valence-corrected chi connectivity index (χ3v) is 6.02. The van der Waals surface area contributed by atoms with Crippen LogP contribution in [-0.4, -0.2) is 67.6 Å². The number of nitrogen functional groups attached to an aromatic ring is 1. The molecule has 2 aromatic rings. The highest BCUT2D eigenvalue weighted by Crippen LogP contribution is 2.20. The van der Waals surface area contributed by atoms with E-state index in [2.05, 4.69) is 57.0 Å². The number of piperazine rings is 1. The molecule has 29 heavy (non-hydrogen) atoms. The normalized spacial score (nSPS) is 16.7. The zero-order chi connectivity index (χ0) is 20.9. The molecule has 7 heteroatoms. The van der Waals surface area contributed by atoms with E-state index >= 15 is 0 Å². The highest BCUT2D eigenvalue weighted by Gasteiger charge is 2.25. The molecular weight excluding hydrogens is 362 g/mol. The van der Waals surface area contributed by atoms with Gasteiger partial charge in [0.2, 0.25) is 5.95 Å². The zero-order valence-electron chi connectivity index (χ0n) is 18.8. The van der Waals surface area contributed by atoms with Crippen molar-refractivity contribution in [2.45, 2.75) is 78.3 Å². The molecule has 0 unspecified atom stereocenters. The van der Waals surface area contributed by atoms with Crippen LogP contribution in [0.2, 0.25) is 0 Å². The lowest BCUT2D eigenvalue weighted by Gasteiger charge is -2.42. The first kappa shape index (κ1) is 22.0. The topological polar surface area (TPSA) is 76.1 Å². The summed E-state index contributed by atoms with van der Waals surface area (Å²) in [5.41, 5.74) is 9.05. The van der Waals surface area contributed by atoms with Crippen LogP contribution in [0.15, 0.2) is 6.33 Å². The summed E-state index contributed by atoms with van der Waals surface area (Å²) >= 11 is 0. The fourth-order valence-corrected chi connectivity index (χ4v) is 4.22. The van der Waals surface area contributed by atoms with Crippen molar-refractivity contribution >= 4 is 17.1 Å². The molecule has 1 aliphatic rings. The summed E-state index contributed by atoms with van der Waals surface area (Å²) in [5.74, 6) is 0.337. The van der Waals surface area contributed by atoms with E-state index in [9.17, 15) is 0 Å². The van der Waals surface area contributed by atoms with Gasteiger partial charge in [-0.25, -0.2) is 9.97 Å². The number of unbranched alkanes of at least 4 members (excludes halogenated alkanes) is 3. The van der Waals surface area contributed by atoms with Crippen LogP contribution in [0.5, 0.6) is 0 Å². The Balaban J connectivity index is 1.51. The SMILES string of the molecule is CCCCCc1nc(N)nc2ncn(CCCCN3CCN(C(C)(C)C)CC3)c12. The Morgan fingerprint density at radius 3 is 2.38 bits per heavy atom. The summed E-state index contributed by atoms with van der Waals surface area (Å²) in [6.07, 6.45) is 8.74. The molecule has 0 radical (unpaired) electrons. The van der Waals surface area contributed by atoms with Crippen molar-refractivity contribution in [2.24, 2.45) is 0 Å². The van der Waals surface area contributed by atoms with E-state index in [0.29, 0.717) is 5.95 Å². The Bertz CT molecular complexity index is 769. The van der Waals surface area contributed by atoms with Crippen molar-refractivity contribution < 1.29 is 0 Å². The Hall–Kier alpha value is -1.73. The van der Waals surface area contributed by atoms with Crippen LogP contribution in [0.4, 0.5) is 5.95 Å². The Morgan fingerprint density at radius 2 is 1.69 bits per heavy atom. The Labute approximate surface area is 175 Å². The molecule has 0 aromatic carbocycles. The minimum Gasteiger partial charge on any atom is -0.368 e. The van der Waals surface area contributed by atoms with Gasteiger partial charge in [-0.3, -0.25) is 4.90 Å². The molecule has 2 aromatic heterocycles. The van der Waals surface area contributed by atoms with Crippen molar-refractivity contribution in [3.05, 3.63) is 12.0 Å². The van der Waals surface area contributed by atoms with Crippen LogP contribution in [0.25, 0.3) is 11.2 Å². The van der Waals surface area contributed by atoms with Crippen molar-refractivity contribution in [1.82, 2.24) is 29.3 Å². The second kappa shape index (κ2) is 9.85. The van der Waals surface area contributed by atoms with E-state index in [-0.39, 0.29) is 5.54 Å². The first-order valence-electron chi connectivity index (χ1n) is 11.3. The van der Waals surface area contributed by atoms with E-state index in [4.69, 9.17) is 5.73 Å². The minimum absolute atomic E-state index is 0.287. The molecule has 7 nitrogen and oxygen atoms in total. The number of nitrogens with two attached hydrogens (primary N) is 1. The summed E-state index contributed by atoms with van der Waals surface area (Å²) in [5, 5.41) is 0. The van der Waals surface area contributed by atoms with E-state index in [1.54, 1.807) is 0 Å². The van der Waals surface area contributed by atoms with Gasteiger partial charge in [0.1, 0.15) is 5.52 Å². The minimum atomic E-state index is 0.287. The monoisotopic (exact) mass is 401 g/mol. The smallest absolute Gasteiger partial charge is 0.222 e.